The fourth-order valence-corrected chi connectivity index (χ4v) is 4.05. The molecule has 6 heteroatoms. The molecular weight excluding hydrogens is 280 g/mol. The molecule has 19 heavy (non-hydrogen) atoms. The Morgan fingerprint density at radius 3 is 3.26 bits per heavy atom. The summed E-state index contributed by atoms with van der Waals surface area (Å²) in [4.78, 5) is 16.7. The Kier molecular flexibility index (Phi) is 3.91. The standard InChI is InChI=1S/C13H16N2O2S2/c1-15-12(16)11-10(5-7-18-11)14-13(15)19-8-9-4-2-3-6-17-9/h5,7,9H,2-4,6,8H2,1H3/t9-/m1/s1. The second-order valence-electron chi connectivity index (χ2n) is 4.69. The third-order valence-corrected chi connectivity index (χ3v) is 5.37. The van der Waals surface area contributed by atoms with E-state index in [0.717, 1.165) is 34.2 Å². The quantitative estimate of drug-likeness (QED) is 0.645. The molecule has 0 bridgehead atoms. The molecule has 0 N–H and O–H groups in total. The molecule has 0 radical (unpaired) electrons. The SMILES string of the molecule is Cn1c(SC[C@H]2CCCCO2)nc2ccsc2c1=O. The molecule has 0 amide bonds. The highest BCUT2D eigenvalue weighted by Gasteiger charge is 2.16. The lowest BCUT2D eigenvalue weighted by atomic mass is 10.1. The predicted molar refractivity (Wildman–Crippen MR) is 79.2 cm³/mol. The Morgan fingerprint density at radius 2 is 2.47 bits per heavy atom. The first-order valence-electron chi connectivity index (χ1n) is 6.44. The smallest absolute Gasteiger partial charge is 0.271 e. The van der Waals surface area contributed by atoms with E-state index in [2.05, 4.69) is 4.98 Å². The van der Waals surface area contributed by atoms with Crippen molar-refractivity contribution in [2.45, 2.75) is 30.5 Å². The Hall–Kier alpha value is -0.850. The van der Waals surface area contributed by atoms with Gasteiger partial charge in [0.05, 0.1) is 11.6 Å². The minimum Gasteiger partial charge on any atom is -0.377 e. The summed E-state index contributed by atoms with van der Waals surface area (Å²) in [6, 6.07) is 1.91. The number of nitrogens with zero attached hydrogens (tertiary/aromatic N) is 2. The number of hydrogen-bond donors (Lipinski definition) is 0. The van der Waals surface area contributed by atoms with Gasteiger partial charge in [0.1, 0.15) is 4.70 Å². The van der Waals surface area contributed by atoms with Gasteiger partial charge >= 0.3 is 0 Å². The molecule has 1 fully saturated rings. The van der Waals surface area contributed by atoms with Crippen LogP contribution in [0.1, 0.15) is 19.3 Å². The molecule has 1 saturated heterocycles. The van der Waals surface area contributed by atoms with E-state index in [4.69, 9.17) is 4.74 Å². The number of thioether (sulfide) groups is 1. The number of thiophene rings is 1. The molecule has 0 aromatic carbocycles. The lowest BCUT2D eigenvalue weighted by Crippen LogP contribution is -2.23. The molecule has 0 unspecified atom stereocenters. The maximum atomic E-state index is 12.2. The molecule has 1 aliphatic rings. The van der Waals surface area contributed by atoms with Crippen LogP contribution in [0.2, 0.25) is 0 Å². The third kappa shape index (κ3) is 2.70. The molecule has 0 saturated carbocycles. The molecule has 1 atom stereocenters. The van der Waals surface area contributed by atoms with Gasteiger partial charge in [-0.3, -0.25) is 9.36 Å². The monoisotopic (exact) mass is 296 g/mol. The van der Waals surface area contributed by atoms with Crippen molar-refractivity contribution in [1.29, 1.82) is 0 Å². The van der Waals surface area contributed by atoms with Crippen molar-refractivity contribution in [3.63, 3.8) is 0 Å². The van der Waals surface area contributed by atoms with E-state index in [0.29, 0.717) is 6.10 Å². The lowest BCUT2D eigenvalue weighted by Gasteiger charge is -2.22. The van der Waals surface area contributed by atoms with E-state index >= 15 is 0 Å². The van der Waals surface area contributed by atoms with Gasteiger partial charge in [-0.2, -0.15) is 0 Å². The summed E-state index contributed by atoms with van der Waals surface area (Å²) < 4.78 is 8.09. The van der Waals surface area contributed by atoms with Crippen LogP contribution in [0, 0.1) is 0 Å². The highest BCUT2D eigenvalue weighted by Crippen LogP contribution is 2.23. The highest BCUT2D eigenvalue weighted by molar-refractivity contribution is 7.99. The summed E-state index contributed by atoms with van der Waals surface area (Å²) in [5.74, 6) is 0.871. The van der Waals surface area contributed by atoms with Gasteiger partial charge in [-0.1, -0.05) is 11.8 Å². The lowest BCUT2D eigenvalue weighted by molar-refractivity contribution is 0.0315. The van der Waals surface area contributed by atoms with Gasteiger partial charge in [0.2, 0.25) is 0 Å². The summed E-state index contributed by atoms with van der Waals surface area (Å²) in [7, 11) is 1.79. The van der Waals surface area contributed by atoms with Crippen LogP contribution in [0.3, 0.4) is 0 Å². The summed E-state index contributed by atoms with van der Waals surface area (Å²) in [5.41, 5.74) is 0.854. The molecule has 3 heterocycles. The largest absolute Gasteiger partial charge is 0.377 e. The average molecular weight is 296 g/mol. The molecule has 0 spiro atoms. The number of fused-ring (bicyclic) bond motifs is 1. The molecular formula is C13H16N2O2S2. The number of ether oxygens (including phenoxy) is 1. The Bertz CT molecular complexity index is 629. The maximum Gasteiger partial charge on any atom is 0.271 e. The van der Waals surface area contributed by atoms with Gasteiger partial charge in [0.15, 0.2) is 5.16 Å². The van der Waals surface area contributed by atoms with E-state index in [1.54, 1.807) is 23.4 Å². The van der Waals surface area contributed by atoms with Gasteiger partial charge in [0.25, 0.3) is 5.56 Å². The van der Waals surface area contributed by atoms with E-state index in [9.17, 15) is 4.79 Å². The van der Waals surface area contributed by atoms with Gasteiger partial charge in [-0.25, -0.2) is 4.98 Å². The van der Waals surface area contributed by atoms with E-state index in [1.807, 2.05) is 11.4 Å². The molecule has 102 valence electrons. The van der Waals surface area contributed by atoms with Crippen molar-refractivity contribution in [3.05, 3.63) is 21.8 Å². The highest BCUT2D eigenvalue weighted by atomic mass is 32.2. The normalized spacial score (nSPS) is 19.9. The van der Waals surface area contributed by atoms with Crippen LogP contribution in [0.5, 0.6) is 0 Å². The Morgan fingerprint density at radius 1 is 1.58 bits per heavy atom. The fourth-order valence-electron chi connectivity index (χ4n) is 2.20. The van der Waals surface area contributed by atoms with Crippen LogP contribution in [-0.2, 0) is 11.8 Å². The van der Waals surface area contributed by atoms with Crippen LogP contribution in [0.25, 0.3) is 10.2 Å². The number of rotatable bonds is 3. The summed E-state index contributed by atoms with van der Waals surface area (Å²) in [5, 5.41) is 2.70. The zero-order valence-corrected chi connectivity index (χ0v) is 12.4. The van der Waals surface area contributed by atoms with Crippen molar-refractivity contribution in [2.24, 2.45) is 7.05 Å². The van der Waals surface area contributed by atoms with Crippen molar-refractivity contribution in [1.82, 2.24) is 9.55 Å². The molecule has 4 nitrogen and oxygen atoms in total. The molecule has 2 aromatic heterocycles. The van der Waals surface area contributed by atoms with Crippen LogP contribution in [0.4, 0.5) is 0 Å². The van der Waals surface area contributed by atoms with Crippen molar-refractivity contribution in [3.8, 4) is 0 Å². The van der Waals surface area contributed by atoms with Crippen molar-refractivity contribution in [2.75, 3.05) is 12.4 Å². The first-order chi connectivity index (χ1) is 9.25. The first kappa shape index (κ1) is 13.1. The molecule has 3 rings (SSSR count). The fraction of sp³-hybridized carbons (Fsp3) is 0.538. The van der Waals surface area contributed by atoms with Crippen LogP contribution in [0.15, 0.2) is 21.4 Å². The minimum absolute atomic E-state index is 0.0482. The molecule has 2 aromatic rings. The maximum absolute atomic E-state index is 12.2. The number of aromatic nitrogens is 2. The van der Waals surface area contributed by atoms with Crippen LogP contribution >= 0.6 is 23.1 Å². The summed E-state index contributed by atoms with van der Waals surface area (Å²) in [6.45, 7) is 0.862. The zero-order chi connectivity index (χ0) is 13.2. The zero-order valence-electron chi connectivity index (χ0n) is 10.8. The van der Waals surface area contributed by atoms with Crippen LogP contribution in [-0.4, -0.2) is 28.0 Å². The molecule has 0 aliphatic carbocycles. The Labute approximate surface area is 119 Å². The van der Waals surface area contributed by atoms with Crippen LogP contribution < -0.4 is 5.56 Å². The topological polar surface area (TPSA) is 44.1 Å². The van der Waals surface area contributed by atoms with Gasteiger partial charge < -0.3 is 4.74 Å². The van der Waals surface area contributed by atoms with Gasteiger partial charge in [-0.15, -0.1) is 11.3 Å². The molecule has 1 aliphatic heterocycles. The van der Waals surface area contributed by atoms with E-state index in [-0.39, 0.29) is 5.56 Å². The number of hydrogen-bond acceptors (Lipinski definition) is 5. The third-order valence-electron chi connectivity index (χ3n) is 3.32. The van der Waals surface area contributed by atoms with E-state index < -0.39 is 0 Å². The van der Waals surface area contributed by atoms with Gasteiger partial charge in [-0.05, 0) is 30.7 Å². The Balaban J connectivity index is 1.80. The summed E-state index contributed by atoms with van der Waals surface area (Å²) in [6.07, 6.45) is 3.82. The van der Waals surface area contributed by atoms with Crippen molar-refractivity contribution < 1.29 is 4.74 Å². The second kappa shape index (κ2) is 5.64. The first-order valence-corrected chi connectivity index (χ1v) is 8.31. The van der Waals surface area contributed by atoms with E-state index in [1.165, 1.54) is 24.2 Å². The second-order valence-corrected chi connectivity index (χ2v) is 6.60. The minimum atomic E-state index is 0.0482. The van der Waals surface area contributed by atoms with Crippen molar-refractivity contribution >= 4 is 33.3 Å². The summed E-state index contributed by atoms with van der Waals surface area (Å²) >= 11 is 3.07. The predicted octanol–water partition coefficient (Wildman–Crippen LogP) is 2.66. The van der Waals surface area contributed by atoms with Gasteiger partial charge in [0, 0.05) is 19.4 Å². The average Bonchev–Trinajstić information content (AvgIpc) is 2.91.